The molecule has 0 aliphatic carbocycles. The van der Waals surface area contributed by atoms with E-state index in [1.165, 1.54) is 17.6 Å². The fraction of sp³-hybridized carbons (Fsp3) is 0. The van der Waals surface area contributed by atoms with Gasteiger partial charge >= 0.3 is 0 Å². The van der Waals surface area contributed by atoms with Gasteiger partial charge in [-0.1, -0.05) is 0 Å². The van der Waals surface area contributed by atoms with Crippen molar-refractivity contribution in [1.29, 1.82) is 0 Å². The van der Waals surface area contributed by atoms with Crippen molar-refractivity contribution in [3.63, 3.8) is 0 Å². The smallest absolute Gasteiger partial charge is 0.272 e. The summed E-state index contributed by atoms with van der Waals surface area (Å²) in [6, 6.07) is 1.55. The lowest BCUT2D eigenvalue weighted by molar-refractivity contribution is 0.452. The van der Waals surface area contributed by atoms with E-state index in [2.05, 4.69) is 4.98 Å². The summed E-state index contributed by atoms with van der Waals surface area (Å²) in [7, 11) is -3.80. The van der Waals surface area contributed by atoms with Gasteiger partial charge in [0.05, 0.1) is 22.2 Å². The average Bonchev–Trinajstić information content (AvgIpc) is 2.73. The summed E-state index contributed by atoms with van der Waals surface area (Å²) in [4.78, 5) is 4.55. The molecular weight excluding hydrogens is 224 g/mol. The number of thiazole rings is 1. The number of hydrogen-bond acceptors (Lipinski definition) is 5. The van der Waals surface area contributed by atoms with Gasteiger partial charge in [0.15, 0.2) is 0 Å². The Hall–Kier alpha value is -1.18. The molecule has 74 valence electrons. The van der Waals surface area contributed by atoms with Gasteiger partial charge in [-0.25, -0.2) is 13.6 Å². The second-order valence-corrected chi connectivity index (χ2v) is 4.88. The van der Waals surface area contributed by atoms with Gasteiger partial charge < -0.3 is 4.42 Å². The van der Waals surface area contributed by atoms with Gasteiger partial charge in [-0.2, -0.15) is 0 Å². The van der Waals surface area contributed by atoms with Gasteiger partial charge in [0.1, 0.15) is 0 Å². The molecule has 0 radical (unpaired) electrons. The Morgan fingerprint density at radius 2 is 2.29 bits per heavy atom. The van der Waals surface area contributed by atoms with Crippen LogP contribution in [0.2, 0.25) is 0 Å². The van der Waals surface area contributed by atoms with E-state index >= 15 is 0 Å². The molecule has 5 nitrogen and oxygen atoms in total. The number of aromatic nitrogens is 1. The summed E-state index contributed by atoms with van der Waals surface area (Å²) < 4.78 is 27.0. The minimum absolute atomic E-state index is 0.221. The van der Waals surface area contributed by atoms with Crippen LogP contribution in [0.15, 0.2) is 33.5 Å². The Balaban J connectivity index is 2.62. The fourth-order valence-corrected chi connectivity index (χ4v) is 2.43. The molecule has 0 fully saturated rings. The van der Waals surface area contributed by atoms with Gasteiger partial charge in [0, 0.05) is 6.20 Å². The van der Waals surface area contributed by atoms with Crippen molar-refractivity contribution in [3.05, 3.63) is 24.0 Å². The maximum atomic E-state index is 11.1. The molecule has 0 saturated heterocycles. The van der Waals surface area contributed by atoms with Crippen LogP contribution in [0.25, 0.3) is 10.4 Å². The van der Waals surface area contributed by atoms with Crippen LogP contribution in [0.1, 0.15) is 0 Å². The normalized spacial score (nSPS) is 11.8. The van der Waals surface area contributed by atoms with Crippen LogP contribution < -0.4 is 5.14 Å². The molecule has 0 amide bonds. The summed E-state index contributed by atoms with van der Waals surface area (Å²) in [6.45, 7) is 0. The van der Waals surface area contributed by atoms with Gasteiger partial charge in [-0.05, 0) is 6.07 Å². The zero-order valence-corrected chi connectivity index (χ0v) is 8.51. The van der Waals surface area contributed by atoms with Crippen LogP contribution in [-0.4, -0.2) is 13.4 Å². The molecule has 2 aromatic heterocycles. The van der Waals surface area contributed by atoms with Gasteiger partial charge in [-0.15, -0.1) is 11.3 Å². The molecule has 2 aromatic rings. The van der Waals surface area contributed by atoms with Gasteiger partial charge in [-0.3, -0.25) is 4.98 Å². The molecular formula is C7H6N2O3S2. The van der Waals surface area contributed by atoms with Crippen LogP contribution in [0.3, 0.4) is 0 Å². The SMILES string of the molecule is NS(=O)(=O)c1occc1-c1cncs1. The second kappa shape index (κ2) is 3.19. The summed E-state index contributed by atoms with van der Waals surface area (Å²) >= 11 is 1.32. The van der Waals surface area contributed by atoms with Crippen molar-refractivity contribution < 1.29 is 12.8 Å². The van der Waals surface area contributed by atoms with Crippen molar-refractivity contribution in [1.82, 2.24) is 4.98 Å². The van der Waals surface area contributed by atoms with Crippen molar-refractivity contribution >= 4 is 21.4 Å². The zero-order valence-electron chi connectivity index (χ0n) is 6.88. The molecule has 0 spiro atoms. The largest absolute Gasteiger partial charge is 0.451 e. The molecule has 0 aliphatic heterocycles. The third-order valence-electron chi connectivity index (χ3n) is 1.59. The molecule has 7 heteroatoms. The number of furan rings is 1. The summed E-state index contributed by atoms with van der Waals surface area (Å²) in [5.41, 5.74) is 2.06. The van der Waals surface area contributed by atoms with Crippen LogP contribution in [-0.2, 0) is 10.0 Å². The van der Waals surface area contributed by atoms with Crippen LogP contribution in [0.5, 0.6) is 0 Å². The van der Waals surface area contributed by atoms with Crippen LogP contribution in [0.4, 0.5) is 0 Å². The first-order valence-electron chi connectivity index (χ1n) is 3.58. The number of nitrogens with two attached hydrogens (primary N) is 1. The topological polar surface area (TPSA) is 86.2 Å². The Morgan fingerprint density at radius 1 is 1.50 bits per heavy atom. The van der Waals surface area contributed by atoms with E-state index in [1.807, 2.05) is 0 Å². The minimum Gasteiger partial charge on any atom is -0.451 e. The predicted molar refractivity (Wildman–Crippen MR) is 51.2 cm³/mol. The van der Waals surface area contributed by atoms with Crippen LogP contribution in [0, 0.1) is 0 Å². The molecule has 2 N–H and O–H groups in total. The highest BCUT2D eigenvalue weighted by Gasteiger charge is 2.19. The summed E-state index contributed by atoms with van der Waals surface area (Å²) in [6.07, 6.45) is 2.85. The monoisotopic (exact) mass is 230 g/mol. The molecule has 0 atom stereocenters. The standard InChI is InChI=1S/C7H6N2O3S2/c8-14(10,11)7-5(1-2-12-7)6-3-9-4-13-6/h1-4H,(H2,8,10,11). The third kappa shape index (κ3) is 1.57. The Kier molecular flexibility index (Phi) is 2.14. The highest BCUT2D eigenvalue weighted by molar-refractivity contribution is 7.89. The first-order valence-corrected chi connectivity index (χ1v) is 6.01. The first-order chi connectivity index (χ1) is 6.59. The van der Waals surface area contributed by atoms with E-state index in [0.29, 0.717) is 10.4 Å². The zero-order chi connectivity index (χ0) is 10.2. The average molecular weight is 230 g/mol. The number of rotatable bonds is 2. The lowest BCUT2D eigenvalue weighted by Gasteiger charge is -1.95. The van der Waals surface area contributed by atoms with E-state index in [0.717, 1.165) is 0 Å². The maximum Gasteiger partial charge on any atom is 0.272 e. The number of nitrogens with zero attached hydrogens (tertiary/aromatic N) is 1. The molecule has 2 rings (SSSR count). The van der Waals surface area contributed by atoms with Crippen molar-refractivity contribution in [2.45, 2.75) is 5.09 Å². The molecule has 0 saturated carbocycles. The molecule has 0 aromatic carbocycles. The van der Waals surface area contributed by atoms with Crippen LogP contribution >= 0.6 is 11.3 Å². The van der Waals surface area contributed by atoms with Crippen molar-refractivity contribution in [2.75, 3.05) is 0 Å². The number of primary sulfonamides is 1. The Morgan fingerprint density at radius 3 is 2.86 bits per heavy atom. The Bertz CT molecular complexity index is 527. The van der Waals surface area contributed by atoms with Gasteiger partial charge in [0.25, 0.3) is 10.0 Å². The van der Waals surface area contributed by atoms with E-state index in [1.54, 1.807) is 17.8 Å². The molecule has 2 heterocycles. The number of hydrogen-bond donors (Lipinski definition) is 1. The van der Waals surface area contributed by atoms with Gasteiger partial charge in [0.2, 0.25) is 5.09 Å². The fourth-order valence-electron chi connectivity index (χ4n) is 1.05. The van der Waals surface area contributed by atoms with E-state index in [-0.39, 0.29) is 5.09 Å². The predicted octanol–water partition coefficient (Wildman–Crippen LogP) is 1.05. The Labute approximate surface area is 84.2 Å². The molecule has 0 bridgehead atoms. The molecule has 14 heavy (non-hydrogen) atoms. The first kappa shape index (κ1) is 9.38. The van der Waals surface area contributed by atoms with E-state index in [4.69, 9.17) is 9.56 Å². The number of sulfonamides is 1. The minimum atomic E-state index is -3.80. The van der Waals surface area contributed by atoms with E-state index < -0.39 is 10.0 Å². The second-order valence-electron chi connectivity index (χ2n) is 2.53. The highest BCUT2D eigenvalue weighted by atomic mass is 32.2. The van der Waals surface area contributed by atoms with Crippen molar-refractivity contribution in [3.8, 4) is 10.4 Å². The summed E-state index contributed by atoms with van der Waals surface area (Å²) in [5.74, 6) is 0. The molecule has 0 aliphatic rings. The lowest BCUT2D eigenvalue weighted by Crippen LogP contribution is -2.11. The van der Waals surface area contributed by atoms with Crippen molar-refractivity contribution in [2.24, 2.45) is 5.14 Å². The quantitative estimate of drug-likeness (QED) is 0.835. The summed E-state index contributed by atoms with van der Waals surface area (Å²) in [5, 5.41) is 4.75. The maximum absolute atomic E-state index is 11.1. The highest BCUT2D eigenvalue weighted by Crippen LogP contribution is 2.29. The lowest BCUT2D eigenvalue weighted by atomic mass is 10.3. The van der Waals surface area contributed by atoms with E-state index in [9.17, 15) is 8.42 Å². The molecule has 0 unspecified atom stereocenters. The third-order valence-corrected chi connectivity index (χ3v) is 3.23.